The molecule has 6 heteroatoms. The fourth-order valence-electron chi connectivity index (χ4n) is 2.62. The Morgan fingerprint density at radius 1 is 1.40 bits per heavy atom. The van der Waals surface area contributed by atoms with Gasteiger partial charge in [0.2, 0.25) is 0 Å². The van der Waals surface area contributed by atoms with Crippen molar-refractivity contribution in [3.8, 4) is 0 Å². The highest BCUT2D eigenvalue weighted by molar-refractivity contribution is 14.0. The van der Waals surface area contributed by atoms with Crippen molar-refractivity contribution in [3.63, 3.8) is 0 Å². The molecule has 2 fully saturated rings. The smallest absolute Gasteiger partial charge is 0.191 e. The first-order chi connectivity index (χ1) is 9.04. The van der Waals surface area contributed by atoms with Crippen LogP contribution in [0.4, 0.5) is 0 Å². The van der Waals surface area contributed by atoms with Crippen LogP contribution in [-0.4, -0.2) is 50.0 Å². The Balaban J connectivity index is 0.00000200. The molecule has 5 nitrogen and oxygen atoms in total. The Morgan fingerprint density at radius 3 is 2.65 bits per heavy atom. The first-order valence-electron chi connectivity index (χ1n) is 7.29. The van der Waals surface area contributed by atoms with Gasteiger partial charge in [0.05, 0.1) is 30.4 Å². The lowest BCUT2D eigenvalue weighted by molar-refractivity contribution is 0.0310. The fraction of sp³-hybridized carbons (Fsp3) is 0.929. The lowest BCUT2D eigenvalue weighted by Gasteiger charge is -2.24. The van der Waals surface area contributed by atoms with Gasteiger partial charge in [0, 0.05) is 13.7 Å². The average molecular weight is 397 g/mol. The maximum Gasteiger partial charge on any atom is 0.191 e. The summed E-state index contributed by atoms with van der Waals surface area (Å²) < 4.78 is 11.3. The fourth-order valence-corrected chi connectivity index (χ4v) is 2.62. The van der Waals surface area contributed by atoms with E-state index in [1.807, 2.05) is 13.8 Å². The van der Waals surface area contributed by atoms with Crippen molar-refractivity contribution in [2.24, 2.45) is 4.99 Å². The lowest BCUT2D eigenvalue weighted by Crippen LogP contribution is -2.48. The van der Waals surface area contributed by atoms with Crippen molar-refractivity contribution in [2.45, 2.75) is 63.9 Å². The molecular weight excluding hydrogens is 369 g/mol. The van der Waals surface area contributed by atoms with Gasteiger partial charge in [-0.25, -0.2) is 0 Å². The summed E-state index contributed by atoms with van der Waals surface area (Å²) >= 11 is 0. The maximum absolute atomic E-state index is 5.86. The second kappa shape index (κ2) is 7.79. The van der Waals surface area contributed by atoms with Gasteiger partial charge in [-0.15, -0.1) is 24.0 Å². The zero-order valence-electron chi connectivity index (χ0n) is 12.9. The lowest BCUT2D eigenvalue weighted by atomic mass is 9.96. The summed E-state index contributed by atoms with van der Waals surface area (Å²) in [6, 6.07) is 0.405. The molecule has 2 bridgehead atoms. The second-order valence-corrected chi connectivity index (χ2v) is 6.02. The van der Waals surface area contributed by atoms with Crippen molar-refractivity contribution in [1.82, 2.24) is 10.6 Å². The quantitative estimate of drug-likeness (QED) is 0.423. The number of fused-ring (bicyclic) bond motifs is 2. The van der Waals surface area contributed by atoms with E-state index in [4.69, 9.17) is 9.47 Å². The molecule has 118 valence electrons. The van der Waals surface area contributed by atoms with Crippen molar-refractivity contribution >= 4 is 29.9 Å². The zero-order chi connectivity index (χ0) is 13.9. The summed E-state index contributed by atoms with van der Waals surface area (Å²) in [6.45, 7) is 7.67. The van der Waals surface area contributed by atoms with E-state index in [0.29, 0.717) is 24.8 Å². The van der Waals surface area contributed by atoms with E-state index >= 15 is 0 Å². The molecule has 2 rings (SSSR count). The van der Waals surface area contributed by atoms with Gasteiger partial charge >= 0.3 is 0 Å². The van der Waals surface area contributed by atoms with Gasteiger partial charge < -0.3 is 20.1 Å². The number of hydrogen-bond acceptors (Lipinski definition) is 3. The van der Waals surface area contributed by atoms with Gasteiger partial charge in [-0.3, -0.25) is 4.99 Å². The van der Waals surface area contributed by atoms with Crippen LogP contribution in [0.2, 0.25) is 0 Å². The number of nitrogens with one attached hydrogen (secondary N) is 2. The van der Waals surface area contributed by atoms with Gasteiger partial charge in [-0.05, 0) is 40.0 Å². The maximum atomic E-state index is 5.86. The van der Waals surface area contributed by atoms with E-state index in [2.05, 4.69) is 22.5 Å². The third-order valence-electron chi connectivity index (χ3n) is 3.94. The van der Waals surface area contributed by atoms with Gasteiger partial charge in [0.1, 0.15) is 0 Å². The van der Waals surface area contributed by atoms with Gasteiger partial charge in [-0.1, -0.05) is 0 Å². The number of halogens is 1. The van der Waals surface area contributed by atoms with Crippen molar-refractivity contribution < 1.29 is 9.47 Å². The van der Waals surface area contributed by atoms with E-state index < -0.39 is 0 Å². The average Bonchev–Trinajstić information content (AvgIpc) is 2.98. The van der Waals surface area contributed by atoms with Crippen LogP contribution in [0.3, 0.4) is 0 Å². The zero-order valence-corrected chi connectivity index (χ0v) is 15.3. The van der Waals surface area contributed by atoms with Crippen molar-refractivity contribution in [1.29, 1.82) is 0 Å². The van der Waals surface area contributed by atoms with Crippen LogP contribution in [0.25, 0.3) is 0 Å². The van der Waals surface area contributed by atoms with Crippen LogP contribution < -0.4 is 10.6 Å². The van der Waals surface area contributed by atoms with Crippen LogP contribution >= 0.6 is 24.0 Å². The van der Waals surface area contributed by atoms with E-state index in [9.17, 15) is 0 Å². The Kier molecular flexibility index (Phi) is 7.00. The number of rotatable bonds is 5. The Morgan fingerprint density at radius 2 is 2.15 bits per heavy atom. The molecule has 0 aliphatic carbocycles. The summed E-state index contributed by atoms with van der Waals surface area (Å²) in [5.41, 5.74) is -0.229. The molecule has 0 amide bonds. The minimum atomic E-state index is -0.229. The molecule has 3 unspecified atom stereocenters. The minimum Gasteiger partial charge on any atom is -0.377 e. The van der Waals surface area contributed by atoms with Crippen LogP contribution in [-0.2, 0) is 9.47 Å². The number of methoxy groups -OCH3 is 1. The summed E-state index contributed by atoms with van der Waals surface area (Å²) in [5, 5.41) is 6.80. The largest absolute Gasteiger partial charge is 0.377 e. The highest BCUT2D eigenvalue weighted by atomic mass is 127. The second-order valence-electron chi connectivity index (χ2n) is 6.02. The first-order valence-corrected chi connectivity index (χ1v) is 7.29. The Hall–Kier alpha value is -0.0800. The predicted molar refractivity (Wildman–Crippen MR) is 91.9 cm³/mol. The molecule has 0 spiro atoms. The van der Waals surface area contributed by atoms with Crippen LogP contribution in [0.15, 0.2) is 4.99 Å². The number of nitrogens with zero attached hydrogens (tertiary/aromatic N) is 1. The third-order valence-corrected chi connectivity index (χ3v) is 3.94. The predicted octanol–water partition coefficient (Wildman–Crippen LogP) is 1.90. The van der Waals surface area contributed by atoms with Gasteiger partial charge in [0.15, 0.2) is 5.96 Å². The molecule has 2 N–H and O–H groups in total. The van der Waals surface area contributed by atoms with Crippen LogP contribution in [0.5, 0.6) is 0 Å². The normalized spacial score (nSPS) is 29.2. The Bertz CT molecular complexity index is 336. The molecule has 0 saturated carbocycles. The molecule has 3 atom stereocenters. The van der Waals surface area contributed by atoms with Crippen molar-refractivity contribution in [3.05, 3.63) is 0 Å². The summed E-state index contributed by atoms with van der Waals surface area (Å²) in [7, 11) is 1.72. The molecule has 2 heterocycles. The molecule has 0 aromatic heterocycles. The van der Waals surface area contributed by atoms with Crippen LogP contribution in [0.1, 0.15) is 40.0 Å². The third kappa shape index (κ3) is 4.73. The monoisotopic (exact) mass is 397 g/mol. The summed E-state index contributed by atoms with van der Waals surface area (Å²) in [6.07, 6.45) is 4.31. The van der Waals surface area contributed by atoms with Gasteiger partial charge in [0.25, 0.3) is 0 Å². The molecule has 0 aromatic rings. The van der Waals surface area contributed by atoms with Crippen LogP contribution in [0, 0.1) is 0 Å². The molecule has 0 aromatic carbocycles. The molecule has 20 heavy (non-hydrogen) atoms. The SMILES string of the molecule is CCNC(=NCC(C)(C)OC)NC1CC2CCC1O2.I. The van der Waals surface area contributed by atoms with E-state index in [1.165, 1.54) is 12.8 Å². The number of aliphatic imine (C=N–C) groups is 1. The number of ether oxygens (including phenoxy) is 2. The number of hydrogen-bond donors (Lipinski definition) is 2. The standard InChI is InChI=1S/C14H27N3O2.HI/c1-5-15-13(16-9-14(2,3)18-4)17-11-8-10-6-7-12(11)19-10;/h10-12H,5-9H2,1-4H3,(H2,15,16,17);1H. The highest BCUT2D eigenvalue weighted by Gasteiger charge is 2.41. The highest BCUT2D eigenvalue weighted by Crippen LogP contribution is 2.34. The first kappa shape index (κ1) is 18.0. The van der Waals surface area contributed by atoms with Gasteiger partial charge in [-0.2, -0.15) is 0 Å². The molecule has 0 radical (unpaired) electrons. The Labute approximate surface area is 139 Å². The molecular formula is C14H28IN3O2. The topological polar surface area (TPSA) is 54.9 Å². The number of guanidine groups is 1. The van der Waals surface area contributed by atoms with E-state index in [1.54, 1.807) is 7.11 Å². The van der Waals surface area contributed by atoms with E-state index in [-0.39, 0.29) is 29.6 Å². The summed E-state index contributed by atoms with van der Waals surface area (Å²) in [4.78, 5) is 4.62. The summed E-state index contributed by atoms with van der Waals surface area (Å²) in [5.74, 6) is 0.869. The minimum absolute atomic E-state index is 0. The molecule has 2 aliphatic heterocycles. The van der Waals surface area contributed by atoms with E-state index in [0.717, 1.165) is 18.9 Å². The van der Waals surface area contributed by atoms with Crippen molar-refractivity contribution in [2.75, 3.05) is 20.2 Å². The molecule has 2 aliphatic rings. The molecule has 2 saturated heterocycles.